The number of aromatic nitrogens is 1. The topological polar surface area (TPSA) is 12.9 Å². The summed E-state index contributed by atoms with van der Waals surface area (Å²) >= 11 is 0. The standard InChI is InChI=1S/C11H6F2N.C8H12P2.Ir/c12-8-4-5-9(10(13)7-8)11-3-1-2-6-14-11;1-9-7-5-3-4-6-8(7)10-2;/h1-4,6-7H;3-6,9-10H,1-2H3;/q-1;;. The Balaban J connectivity index is 0.000000254. The molecule has 1 heterocycles. The van der Waals surface area contributed by atoms with Crippen molar-refractivity contribution in [2.45, 2.75) is 0 Å². The van der Waals surface area contributed by atoms with E-state index in [4.69, 9.17) is 0 Å². The second-order valence-corrected chi connectivity index (χ2v) is 6.88. The maximum atomic E-state index is 13.2. The minimum absolute atomic E-state index is 0. The van der Waals surface area contributed by atoms with Crippen LogP contribution in [0.25, 0.3) is 11.3 Å². The Hall–Kier alpha value is -1.04. The molecule has 0 N–H and O–H groups in total. The number of nitrogens with zero attached hydrogens (tertiary/aromatic N) is 1. The molecule has 3 aromatic rings. The molecule has 1 aromatic heterocycles. The average molecular weight is 553 g/mol. The molecule has 2 aromatic carbocycles. The Labute approximate surface area is 164 Å². The molecule has 1 nitrogen and oxygen atoms in total. The van der Waals surface area contributed by atoms with Crippen molar-refractivity contribution in [2.24, 2.45) is 0 Å². The first kappa shape index (κ1) is 22.0. The number of hydrogen-bond acceptors (Lipinski definition) is 1. The first-order valence-electron chi connectivity index (χ1n) is 7.38. The summed E-state index contributed by atoms with van der Waals surface area (Å²) in [5, 5.41) is 3.06. The van der Waals surface area contributed by atoms with Crippen LogP contribution in [-0.4, -0.2) is 18.3 Å². The van der Waals surface area contributed by atoms with Crippen molar-refractivity contribution in [3.63, 3.8) is 0 Å². The van der Waals surface area contributed by atoms with E-state index >= 15 is 0 Å². The number of hydrogen-bond donors (Lipinski definition) is 0. The molecule has 0 spiro atoms. The van der Waals surface area contributed by atoms with Gasteiger partial charge in [0.05, 0.1) is 0 Å². The minimum Gasteiger partial charge on any atom is -0.305 e. The Morgan fingerprint density at radius 2 is 1.52 bits per heavy atom. The second-order valence-electron chi connectivity index (χ2n) is 4.80. The van der Waals surface area contributed by atoms with E-state index in [9.17, 15) is 8.78 Å². The first-order valence-corrected chi connectivity index (χ1v) is 10.4. The van der Waals surface area contributed by atoms with Crippen molar-refractivity contribution in [1.29, 1.82) is 0 Å². The van der Waals surface area contributed by atoms with Crippen molar-refractivity contribution < 1.29 is 28.9 Å². The summed E-state index contributed by atoms with van der Waals surface area (Å²) in [5.41, 5.74) is 0.636. The molecule has 6 heteroatoms. The van der Waals surface area contributed by atoms with Crippen LogP contribution in [0.15, 0.2) is 60.8 Å². The van der Waals surface area contributed by atoms with Crippen molar-refractivity contribution >= 4 is 27.8 Å². The zero-order valence-corrected chi connectivity index (χ0v) is 18.2. The SMILES string of the molecule is CPc1ccccc1PC.Fc1c[c-]c(-c2ccccn2)c(F)c1.[Ir]. The summed E-state index contributed by atoms with van der Waals surface area (Å²) in [6.45, 7) is 4.47. The molecule has 0 aliphatic carbocycles. The number of rotatable bonds is 3. The summed E-state index contributed by atoms with van der Waals surface area (Å²) in [6, 6.07) is 18.2. The molecular formula is C19H18F2IrNP2-. The van der Waals surface area contributed by atoms with Gasteiger partial charge >= 0.3 is 0 Å². The van der Waals surface area contributed by atoms with E-state index in [2.05, 4.69) is 48.6 Å². The summed E-state index contributed by atoms with van der Waals surface area (Å²) in [7, 11) is 1.89. The predicted octanol–water partition coefficient (Wildman–Crippen LogP) is 4.38. The van der Waals surface area contributed by atoms with Gasteiger partial charge in [0.25, 0.3) is 0 Å². The maximum absolute atomic E-state index is 13.2. The molecule has 0 bridgehead atoms. The quantitative estimate of drug-likeness (QED) is 0.348. The monoisotopic (exact) mass is 553 g/mol. The second kappa shape index (κ2) is 11.6. The molecule has 0 aliphatic rings. The van der Waals surface area contributed by atoms with E-state index in [-0.39, 0.29) is 25.7 Å². The normalized spacial score (nSPS) is 10.6. The fourth-order valence-corrected chi connectivity index (χ4v) is 4.05. The summed E-state index contributed by atoms with van der Waals surface area (Å²) in [4.78, 5) is 3.95. The van der Waals surface area contributed by atoms with Crippen LogP contribution < -0.4 is 10.6 Å². The van der Waals surface area contributed by atoms with Crippen molar-refractivity contribution in [3.05, 3.63) is 78.5 Å². The van der Waals surface area contributed by atoms with E-state index in [1.807, 2.05) is 0 Å². The fourth-order valence-electron chi connectivity index (χ4n) is 2.07. The third-order valence-electron chi connectivity index (χ3n) is 3.24. The molecule has 3 rings (SSSR count). The van der Waals surface area contributed by atoms with Gasteiger partial charge in [-0.2, -0.15) is 0 Å². The van der Waals surface area contributed by atoms with E-state index < -0.39 is 11.6 Å². The molecule has 2 atom stereocenters. The number of pyridine rings is 1. The van der Waals surface area contributed by atoms with Crippen LogP contribution in [-0.2, 0) is 20.1 Å². The van der Waals surface area contributed by atoms with Crippen LogP contribution in [0.2, 0.25) is 0 Å². The van der Waals surface area contributed by atoms with Crippen molar-refractivity contribution in [3.8, 4) is 11.3 Å². The van der Waals surface area contributed by atoms with Crippen molar-refractivity contribution in [1.82, 2.24) is 4.98 Å². The van der Waals surface area contributed by atoms with Crippen LogP contribution in [0.5, 0.6) is 0 Å². The van der Waals surface area contributed by atoms with Gasteiger partial charge in [-0.15, -0.1) is 12.1 Å². The molecule has 1 radical (unpaired) electrons. The van der Waals surface area contributed by atoms with Crippen LogP contribution in [0.3, 0.4) is 0 Å². The number of benzene rings is 2. The minimum atomic E-state index is -0.649. The zero-order valence-electron chi connectivity index (χ0n) is 13.8. The molecule has 2 unspecified atom stereocenters. The summed E-state index contributed by atoms with van der Waals surface area (Å²) in [5.74, 6) is -1.29. The maximum Gasteiger partial charge on any atom is 0.0408 e. The molecule has 0 aliphatic heterocycles. The van der Waals surface area contributed by atoms with Crippen molar-refractivity contribution in [2.75, 3.05) is 13.3 Å². The van der Waals surface area contributed by atoms with Gasteiger partial charge in [0.15, 0.2) is 0 Å². The van der Waals surface area contributed by atoms with Gasteiger partial charge in [-0.25, -0.2) is 0 Å². The molecule has 0 amide bonds. The largest absolute Gasteiger partial charge is 0.305 e. The first-order chi connectivity index (χ1) is 11.7. The Morgan fingerprint density at radius 3 is 2.00 bits per heavy atom. The molecule has 0 saturated heterocycles. The van der Waals surface area contributed by atoms with Gasteiger partial charge in [-0.05, 0) is 35.7 Å². The van der Waals surface area contributed by atoms with E-state index in [0.717, 1.165) is 29.3 Å². The number of halogens is 2. The van der Waals surface area contributed by atoms with Crippen LogP contribution in [0, 0.1) is 17.7 Å². The van der Waals surface area contributed by atoms with Gasteiger partial charge in [-0.3, -0.25) is 8.78 Å². The summed E-state index contributed by atoms with van der Waals surface area (Å²) in [6.07, 6.45) is 1.55. The van der Waals surface area contributed by atoms with Gasteiger partial charge < -0.3 is 4.98 Å². The molecular weight excluding hydrogens is 534 g/mol. The van der Waals surface area contributed by atoms with Gasteiger partial charge in [0.2, 0.25) is 0 Å². The Kier molecular flexibility index (Phi) is 10.2. The Morgan fingerprint density at radius 1 is 0.920 bits per heavy atom. The van der Waals surface area contributed by atoms with E-state index in [0.29, 0.717) is 5.69 Å². The zero-order chi connectivity index (χ0) is 17.4. The van der Waals surface area contributed by atoms with Gasteiger partial charge in [0.1, 0.15) is 0 Å². The molecule has 0 saturated carbocycles. The van der Waals surface area contributed by atoms with Crippen LogP contribution in [0.4, 0.5) is 8.78 Å². The van der Waals surface area contributed by atoms with Gasteiger partial charge in [-0.1, -0.05) is 65.2 Å². The summed E-state index contributed by atoms with van der Waals surface area (Å²) < 4.78 is 25.8. The molecule has 133 valence electrons. The molecule has 25 heavy (non-hydrogen) atoms. The fraction of sp³-hybridized carbons (Fsp3) is 0.105. The average Bonchev–Trinajstić information content (AvgIpc) is 2.63. The smallest absolute Gasteiger partial charge is 0.0408 e. The van der Waals surface area contributed by atoms with Gasteiger partial charge in [0, 0.05) is 37.9 Å². The van der Waals surface area contributed by atoms with E-state index in [1.165, 1.54) is 10.6 Å². The third-order valence-corrected chi connectivity index (χ3v) is 5.44. The third kappa shape index (κ3) is 6.64. The van der Waals surface area contributed by atoms with Crippen LogP contribution in [0.1, 0.15) is 0 Å². The Bertz CT molecular complexity index is 762. The molecule has 0 fully saturated rings. The van der Waals surface area contributed by atoms with Crippen LogP contribution >= 0.6 is 17.2 Å². The predicted molar refractivity (Wildman–Crippen MR) is 103 cm³/mol. The van der Waals surface area contributed by atoms with E-state index in [1.54, 1.807) is 24.4 Å².